The monoisotopic (exact) mass is 426 g/mol. The Balaban J connectivity index is 2.97. The third kappa shape index (κ3) is 2.54. The quantitative estimate of drug-likeness (QED) is 0.479. The van der Waals surface area contributed by atoms with Gasteiger partial charge in [-0.2, -0.15) is 0 Å². The molecule has 12 heavy (non-hydrogen) atoms. The van der Waals surface area contributed by atoms with Crippen molar-refractivity contribution in [1.29, 1.82) is 0 Å². The SMILES string of the molecule is [Se]=CC1=C([SeH])C=CC([SeH])(C=[Se])O1. The van der Waals surface area contributed by atoms with Crippen LogP contribution in [0.3, 0.4) is 0 Å². The summed E-state index contributed by atoms with van der Waals surface area (Å²) >= 11 is 10.6. The Kier molecular flexibility index (Phi) is 4.24. The predicted molar refractivity (Wildman–Crippen MR) is 57.9 cm³/mol. The fraction of sp³-hybridized carbons (Fsp3) is 0.143. The molecule has 0 saturated heterocycles. The molecule has 1 rings (SSSR count). The summed E-state index contributed by atoms with van der Waals surface area (Å²) in [6, 6.07) is 0. The van der Waals surface area contributed by atoms with E-state index in [2.05, 4.69) is 63.2 Å². The number of allylic oxidation sites excluding steroid dienone is 3. The first kappa shape index (κ1) is 11.2. The second-order valence-corrected chi connectivity index (χ2v) is 5.64. The van der Waals surface area contributed by atoms with Crippen molar-refractivity contribution in [3.05, 3.63) is 22.4 Å². The van der Waals surface area contributed by atoms with Gasteiger partial charge in [-0.15, -0.1) is 0 Å². The van der Waals surface area contributed by atoms with Crippen LogP contribution in [0.5, 0.6) is 0 Å². The number of hydrogen-bond acceptors (Lipinski definition) is 1. The van der Waals surface area contributed by atoms with E-state index in [1.165, 1.54) is 0 Å². The molecule has 0 aromatic heterocycles. The molecule has 0 aromatic rings. The molecular formula is C7H6OSe4. The average Bonchev–Trinajstić information content (AvgIpc) is 2.10. The maximum atomic E-state index is 5.66. The van der Waals surface area contributed by atoms with E-state index in [4.69, 9.17) is 4.74 Å². The summed E-state index contributed by atoms with van der Waals surface area (Å²) < 4.78 is 6.37. The van der Waals surface area contributed by atoms with Gasteiger partial charge in [0, 0.05) is 0 Å². The van der Waals surface area contributed by atoms with E-state index in [9.17, 15) is 0 Å². The first-order valence-electron chi connectivity index (χ1n) is 3.06. The fourth-order valence-corrected chi connectivity index (χ4v) is 2.50. The molecule has 0 bridgehead atoms. The molecule has 0 amide bonds. The number of hydrogen-bond donors (Lipinski definition) is 0. The van der Waals surface area contributed by atoms with Crippen molar-refractivity contribution < 1.29 is 4.74 Å². The first-order valence-corrected chi connectivity index (χ1v) is 6.92. The summed E-state index contributed by atoms with van der Waals surface area (Å²) in [7, 11) is 0. The van der Waals surface area contributed by atoms with Crippen LogP contribution in [0.2, 0.25) is 0 Å². The summed E-state index contributed by atoms with van der Waals surface area (Å²) in [6.45, 7) is 0. The summed E-state index contributed by atoms with van der Waals surface area (Å²) in [6.07, 6.45) is 4.02. The zero-order chi connectivity index (χ0) is 9.19. The molecule has 0 radical (unpaired) electrons. The van der Waals surface area contributed by atoms with E-state index < -0.39 is 0 Å². The van der Waals surface area contributed by atoms with Crippen LogP contribution in [0.25, 0.3) is 0 Å². The van der Waals surface area contributed by atoms with Crippen LogP contribution in [0, 0.1) is 0 Å². The molecule has 1 atom stereocenters. The Hall–Kier alpha value is 1.10. The van der Waals surface area contributed by atoms with E-state index in [0.717, 1.165) is 10.2 Å². The Morgan fingerprint density at radius 1 is 1.50 bits per heavy atom. The standard InChI is InChI=1S/C7H6OSe4/c9-3-5-6(11)1-2-7(12,4-10)8-5/h1-4,11-12H. The van der Waals surface area contributed by atoms with Crippen LogP contribution in [-0.2, 0) is 4.74 Å². The Labute approximate surface area is 104 Å². The molecule has 64 valence electrons. The molecular weight excluding hydrogens is 416 g/mol. The van der Waals surface area contributed by atoms with Crippen LogP contribution in [0.1, 0.15) is 0 Å². The molecule has 0 N–H and O–H groups in total. The fourth-order valence-electron chi connectivity index (χ4n) is 0.691. The van der Waals surface area contributed by atoms with Gasteiger partial charge in [-0.05, 0) is 0 Å². The van der Waals surface area contributed by atoms with Crippen molar-refractivity contribution in [2.24, 2.45) is 0 Å². The van der Waals surface area contributed by atoms with Gasteiger partial charge in [0.15, 0.2) is 0 Å². The molecule has 1 unspecified atom stereocenters. The Morgan fingerprint density at radius 2 is 2.17 bits per heavy atom. The van der Waals surface area contributed by atoms with Gasteiger partial charge in [0.2, 0.25) is 0 Å². The van der Waals surface area contributed by atoms with Crippen LogP contribution < -0.4 is 0 Å². The van der Waals surface area contributed by atoms with Gasteiger partial charge in [-0.3, -0.25) is 0 Å². The van der Waals surface area contributed by atoms with Gasteiger partial charge in [0.1, 0.15) is 0 Å². The van der Waals surface area contributed by atoms with E-state index >= 15 is 0 Å². The minimum atomic E-state index is -0.369. The summed E-state index contributed by atoms with van der Waals surface area (Å²) in [4.78, 5) is 3.72. The summed E-state index contributed by atoms with van der Waals surface area (Å²) in [5.41, 5.74) is 0. The first-order chi connectivity index (χ1) is 5.61. The molecule has 0 aliphatic carbocycles. The van der Waals surface area contributed by atoms with E-state index in [1.54, 1.807) is 0 Å². The van der Waals surface area contributed by atoms with Gasteiger partial charge < -0.3 is 0 Å². The van der Waals surface area contributed by atoms with Gasteiger partial charge in [-0.1, -0.05) is 0 Å². The van der Waals surface area contributed by atoms with Crippen molar-refractivity contribution >= 4 is 73.0 Å². The molecule has 1 aliphatic heterocycles. The second-order valence-electron chi connectivity index (χ2n) is 2.17. The topological polar surface area (TPSA) is 9.23 Å². The van der Waals surface area contributed by atoms with Crippen molar-refractivity contribution in [3.8, 4) is 0 Å². The molecule has 0 aromatic carbocycles. The molecule has 1 heterocycles. The summed E-state index contributed by atoms with van der Waals surface area (Å²) in [5.74, 6) is 0.865. The average molecular weight is 422 g/mol. The molecule has 5 heteroatoms. The van der Waals surface area contributed by atoms with Crippen LogP contribution in [0.15, 0.2) is 22.4 Å². The summed E-state index contributed by atoms with van der Waals surface area (Å²) in [5, 5.41) is 0. The van der Waals surface area contributed by atoms with E-state index in [1.807, 2.05) is 22.0 Å². The third-order valence-corrected chi connectivity index (χ3v) is 4.87. The molecule has 1 aliphatic rings. The third-order valence-electron chi connectivity index (χ3n) is 1.28. The van der Waals surface area contributed by atoms with Crippen molar-refractivity contribution in [2.75, 3.05) is 0 Å². The maximum absolute atomic E-state index is 5.66. The molecule has 1 nitrogen and oxygen atoms in total. The molecule has 0 saturated carbocycles. The zero-order valence-corrected chi connectivity index (χ0v) is 13.1. The molecule has 0 spiro atoms. The number of ether oxygens (including phenoxy) is 1. The second kappa shape index (κ2) is 4.55. The van der Waals surface area contributed by atoms with Crippen molar-refractivity contribution in [1.82, 2.24) is 0 Å². The van der Waals surface area contributed by atoms with Crippen molar-refractivity contribution in [2.45, 2.75) is 4.50 Å². The van der Waals surface area contributed by atoms with Crippen molar-refractivity contribution in [3.63, 3.8) is 0 Å². The van der Waals surface area contributed by atoms with E-state index in [0.29, 0.717) is 0 Å². The van der Waals surface area contributed by atoms with Gasteiger partial charge >= 0.3 is 105 Å². The van der Waals surface area contributed by atoms with Crippen LogP contribution in [0.4, 0.5) is 0 Å². The van der Waals surface area contributed by atoms with Crippen LogP contribution in [-0.4, -0.2) is 77.5 Å². The molecule has 0 fully saturated rings. The van der Waals surface area contributed by atoms with Gasteiger partial charge in [-0.25, -0.2) is 0 Å². The zero-order valence-electron chi connectivity index (χ0n) is 5.93. The Bertz CT molecular complexity index is 281. The van der Waals surface area contributed by atoms with Crippen LogP contribution >= 0.6 is 0 Å². The minimum absolute atomic E-state index is 0.369. The Morgan fingerprint density at radius 3 is 2.67 bits per heavy atom. The van der Waals surface area contributed by atoms with Gasteiger partial charge in [0.25, 0.3) is 0 Å². The predicted octanol–water partition coefficient (Wildman–Crippen LogP) is -1.78. The van der Waals surface area contributed by atoms with Gasteiger partial charge in [0.05, 0.1) is 0 Å². The normalized spacial score (nSPS) is 28.2. The number of rotatable bonds is 2. The van der Waals surface area contributed by atoms with E-state index in [-0.39, 0.29) is 4.50 Å².